The molecule has 0 radical (unpaired) electrons. The Bertz CT molecular complexity index is 703. The van der Waals surface area contributed by atoms with Crippen molar-refractivity contribution in [1.82, 2.24) is 25.1 Å². The van der Waals surface area contributed by atoms with Crippen LogP contribution in [0.4, 0.5) is 5.95 Å². The summed E-state index contributed by atoms with van der Waals surface area (Å²) in [6.45, 7) is 4.70. The number of nitrogens with one attached hydrogen (secondary N) is 1. The second-order valence-electron chi connectivity index (χ2n) is 6.89. The minimum absolute atomic E-state index is 0.0896. The summed E-state index contributed by atoms with van der Waals surface area (Å²) in [6.07, 6.45) is 8.60. The molecule has 2 aromatic rings. The van der Waals surface area contributed by atoms with Gasteiger partial charge in [0.2, 0.25) is 5.95 Å². The zero-order valence-corrected chi connectivity index (χ0v) is 14.6. The minimum atomic E-state index is 0.0896. The van der Waals surface area contributed by atoms with E-state index in [1.54, 1.807) is 0 Å². The molecule has 134 valence electrons. The average Bonchev–Trinajstić information content (AvgIpc) is 3.33. The third-order valence-electron chi connectivity index (χ3n) is 5.11. The highest BCUT2D eigenvalue weighted by Crippen LogP contribution is 2.31. The number of nitrogens with zero attached hydrogens (tertiary/aromatic N) is 5. The second kappa shape index (κ2) is 7.49. The first-order valence-electron chi connectivity index (χ1n) is 9.32. The number of hydrogen-bond donors (Lipinski definition) is 2. The van der Waals surface area contributed by atoms with E-state index in [0.29, 0.717) is 12.5 Å². The van der Waals surface area contributed by atoms with Crippen LogP contribution in [0.3, 0.4) is 0 Å². The zero-order chi connectivity index (χ0) is 17.1. The highest BCUT2D eigenvalue weighted by Gasteiger charge is 2.24. The van der Waals surface area contributed by atoms with Gasteiger partial charge < -0.3 is 15.3 Å². The summed E-state index contributed by atoms with van der Waals surface area (Å²) in [6, 6.07) is 1.97. The van der Waals surface area contributed by atoms with Gasteiger partial charge in [-0.1, -0.05) is 0 Å². The first-order valence-corrected chi connectivity index (χ1v) is 9.32. The Morgan fingerprint density at radius 1 is 1.24 bits per heavy atom. The van der Waals surface area contributed by atoms with Crippen LogP contribution in [0.1, 0.15) is 37.3 Å². The van der Waals surface area contributed by atoms with E-state index in [9.17, 15) is 5.11 Å². The Kier molecular flexibility index (Phi) is 4.94. The molecular weight excluding hydrogens is 316 g/mol. The molecule has 0 saturated carbocycles. The number of aliphatic hydroxyl groups excluding tert-OH is 1. The van der Waals surface area contributed by atoms with Gasteiger partial charge in [-0.25, -0.2) is 9.97 Å². The number of hydrogen-bond acceptors (Lipinski definition) is 6. The van der Waals surface area contributed by atoms with Gasteiger partial charge in [-0.05, 0) is 38.3 Å². The van der Waals surface area contributed by atoms with Crippen molar-refractivity contribution in [2.24, 2.45) is 0 Å². The molecule has 0 bridgehead atoms. The van der Waals surface area contributed by atoms with Crippen molar-refractivity contribution in [3.8, 4) is 11.3 Å². The number of rotatable bonds is 5. The van der Waals surface area contributed by atoms with Crippen molar-refractivity contribution in [3.05, 3.63) is 24.2 Å². The van der Waals surface area contributed by atoms with Crippen molar-refractivity contribution in [3.63, 3.8) is 0 Å². The lowest BCUT2D eigenvalue weighted by Gasteiger charge is -2.22. The lowest BCUT2D eigenvalue weighted by Crippen LogP contribution is -2.29. The smallest absolute Gasteiger partial charge is 0.225 e. The number of aliphatic hydroxyl groups is 1. The lowest BCUT2D eigenvalue weighted by atomic mass is 9.93. The van der Waals surface area contributed by atoms with Crippen LogP contribution in [0.5, 0.6) is 0 Å². The summed E-state index contributed by atoms with van der Waals surface area (Å²) >= 11 is 0. The van der Waals surface area contributed by atoms with E-state index in [2.05, 4.69) is 15.2 Å². The predicted octanol–water partition coefficient (Wildman–Crippen LogP) is 1.40. The molecule has 25 heavy (non-hydrogen) atoms. The van der Waals surface area contributed by atoms with E-state index in [1.807, 2.05) is 23.1 Å². The molecule has 1 atom stereocenters. The quantitative estimate of drug-likeness (QED) is 0.855. The van der Waals surface area contributed by atoms with Gasteiger partial charge in [-0.2, -0.15) is 5.10 Å². The van der Waals surface area contributed by atoms with Gasteiger partial charge in [0.1, 0.15) is 0 Å². The average molecular weight is 342 g/mol. The molecule has 4 rings (SSSR count). The summed E-state index contributed by atoms with van der Waals surface area (Å²) in [5, 5.41) is 17.5. The van der Waals surface area contributed by atoms with Gasteiger partial charge in [-0.3, -0.25) is 4.68 Å². The van der Waals surface area contributed by atoms with Crippen LogP contribution < -0.4 is 10.2 Å². The largest absolute Gasteiger partial charge is 0.394 e. The maximum Gasteiger partial charge on any atom is 0.225 e. The van der Waals surface area contributed by atoms with Crippen LogP contribution in [0.2, 0.25) is 0 Å². The van der Waals surface area contributed by atoms with E-state index in [-0.39, 0.29) is 6.61 Å². The second-order valence-corrected chi connectivity index (χ2v) is 6.89. The fourth-order valence-corrected chi connectivity index (χ4v) is 3.81. The standard InChI is InChI=1S/C18H26N6O/c25-11-10-24-13-15(17(22-24)14-4-3-6-19-12-14)16-5-7-20-18(21-16)23-8-1-2-9-23/h5,7,13-14,19,25H,1-4,6,8-12H2. The maximum atomic E-state index is 9.28. The van der Waals surface area contributed by atoms with E-state index in [1.165, 1.54) is 19.3 Å². The van der Waals surface area contributed by atoms with Crippen molar-refractivity contribution >= 4 is 5.95 Å². The van der Waals surface area contributed by atoms with Crippen LogP contribution in [0.15, 0.2) is 18.5 Å². The summed E-state index contributed by atoms with van der Waals surface area (Å²) < 4.78 is 1.84. The molecule has 2 aliphatic heterocycles. The minimum Gasteiger partial charge on any atom is -0.394 e. The normalized spacial score (nSPS) is 21.0. The molecular formula is C18H26N6O. The monoisotopic (exact) mass is 342 g/mol. The molecule has 0 amide bonds. The number of aromatic nitrogens is 4. The molecule has 0 aliphatic carbocycles. The summed E-state index contributed by atoms with van der Waals surface area (Å²) in [5.74, 6) is 1.21. The Hall–Kier alpha value is -1.99. The third-order valence-corrected chi connectivity index (χ3v) is 5.11. The Balaban J connectivity index is 1.69. The van der Waals surface area contributed by atoms with Crippen LogP contribution in [0.25, 0.3) is 11.3 Å². The molecule has 0 aromatic carbocycles. The van der Waals surface area contributed by atoms with Gasteiger partial charge in [-0.15, -0.1) is 0 Å². The molecule has 1 unspecified atom stereocenters. The molecule has 7 nitrogen and oxygen atoms in total. The van der Waals surface area contributed by atoms with E-state index >= 15 is 0 Å². The summed E-state index contributed by atoms with van der Waals surface area (Å²) in [4.78, 5) is 11.6. The van der Waals surface area contributed by atoms with Gasteiger partial charge in [0.05, 0.1) is 24.5 Å². The molecule has 0 spiro atoms. The Morgan fingerprint density at radius 3 is 2.88 bits per heavy atom. The molecule has 2 fully saturated rings. The number of piperidine rings is 1. The van der Waals surface area contributed by atoms with E-state index in [4.69, 9.17) is 10.1 Å². The molecule has 4 heterocycles. The first-order chi connectivity index (χ1) is 12.3. The highest BCUT2D eigenvalue weighted by atomic mass is 16.3. The van der Waals surface area contributed by atoms with E-state index < -0.39 is 0 Å². The Morgan fingerprint density at radius 2 is 2.12 bits per heavy atom. The van der Waals surface area contributed by atoms with Crippen LogP contribution in [0, 0.1) is 0 Å². The zero-order valence-electron chi connectivity index (χ0n) is 14.6. The third kappa shape index (κ3) is 3.52. The van der Waals surface area contributed by atoms with Crippen molar-refractivity contribution in [2.75, 3.05) is 37.7 Å². The fourth-order valence-electron chi connectivity index (χ4n) is 3.81. The first kappa shape index (κ1) is 16.5. The van der Waals surface area contributed by atoms with Crippen molar-refractivity contribution in [2.45, 2.75) is 38.1 Å². The van der Waals surface area contributed by atoms with Gasteiger partial charge in [0, 0.05) is 43.5 Å². The lowest BCUT2D eigenvalue weighted by molar-refractivity contribution is 0.268. The predicted molar refractivity (Wildman–Crippen MR) is 96.6 cm³/mol. The Labute approximate surface area is 148 Å². The van der Waals surface area contributed by atoms with Crippen LogP contribution >= 0.6 is 0 Å². The van der Waals surface area contributed by atoms with Crippen molar-refractivity contribution < 1.29 is 5.11 Å². The molecule has 7 heteroatoms. The maximum absolute atomic E-state index is 9.28. The van der Waals surface area contributed by atoms with Gasteiger partial charge >= 0.3 is 0 Å². The highest BCUT2D eigenvalue weighted by molar-refractivity contribution is 5.63. The molecule has 2 aliphatic rings. The van der Waals surface area contributed by atoms with E-state index in [0.717, 1.165) is 55.5 Å². The summed E-state index contributed by atoms with van der Waals surface area (Å²) in [5.41, 5.74) is 3.10. The van der Waals surface area contributed by atoms with Crippen LogP contribution in [-0.2, 0) is 6.54 Å². The fraction of sp³-hybridized carbons (Fsp3) is 0.611. The molecule has 2 N–H and O–H groups in total. The SMILES string of the molecule is OCCn1cc(-c2ccnc(N3CCCC3)n2)c(C2CCCNC2)n1. The topological polar surface area (TPSA) is 79.1 Å². The van der Waals surface area contributed by atoms with Gasteiger partial charge in [0.25, 0.3) is 0 Å². The van der Waals surface area contributed by atoms with Gasteiger partial charge in [0.15, 0.2) is 0 Å². The summed E-state index contributed by atoms with van der Waals surface area (Å²) in [7, 11) is 0. The molecule has 2 saturated heterocycles. The number of anilines is 1. The van der Waals surface area contributed by atoms with Crippen molar-refractivity contribution in [1.29, 1.82) is 0 Å². The molecule has 2 aromatic heterocycles. The van der Waals surface area contributed by atoms with Crippen LogP contribution in [-0.4, -0.2) is 57.6 Å².